The molecule has 2 aromatic heterocycles. The molecule has 0 amide bonds. The number of carbonyl (C=O) groups excluding carboxylic acids is 1. The number of carbonyl (C=O) groups is 1. The molecule has 5 nitrogen and oxygen atoms in total. The van der Waals surface area contributed by atoms with Crippen LogP contribution in [0.3, 0.4) is 0 Å². The van der Waals surface area contributed by atoms with Gasteiger partial charge in [0.25, 0.3) is 0 Å². The van der Waals surface area contributed by atoms with Crippen LogP contribution in [0.4, 0.5) is 0 Å². The quantitative estimate of drug-likeness (QED) is 0.0834. The van der Waals surface area contributed by atoms with Gasteiger partial charge in [-0.2, -0.15) is 0 Å². The molecule has 0 aliphatic carbocycles. The molecule has 0 bridgehead atoms. The molecule has 0 atom stereocenters. The standard InChI is InChI=1S/C14H14NO.C7H8N2O.2HI/c1-15-9-5-8-13(11-15)14(16)10-12-6-3-2-4-7-12;1-9-5-3-2-4-7(9)6-8-10;;/h2-9,11H,10H2,1H3;2-6H,1H3;2*1H/q+1;;;/p-1. The summed E-state index contributed by atoms with van der Waals surface area (Å²) in [5.41, 5.74) is 2.68. The number of rotatable bonds is 4. The zero-order chi connectivity index (χ0) is 18.8. The second-order valence-electron chi connectivity index (χ2n) is 5.82. The predicted octanol–water partition coefficient (Wildman–Crippen LogP) is -3.74. The fourth-order valence-corrected chi connectivity index (χ4v) is 2.37. The Morgan fingerprint density at radius 1 is 0.964 bits per heavy atom. The van der Waals surface area contributed by atoms with E-state index in [2.05, 4.69) is 5.16 Å². The Balaban J connectivity index is 0.000000532. The van der Waals surface area contributed by atoms with Gasteiger partial charge < -0.3 is 53.2 Å². The largest absolute Gasteiger partial charge is 1.00 e. The van der Waals surface area contributed by atoms with Gasteiger partial charge in [-0.15, -0.1) is 0 Å². The summed E-state index contributed by atoms with van der Waals surface area (Å²) < 4.78 is 3.75. The Labute approximate surface area is 199 Å². The highest BCUT2D eigenvalue weighted by atomic mass is 127. The molecule has 0 saturated carbocycles. The van der Waals surface area contributed by atoms with Crippen LogP contribution in [0.5, 0.6) is 0 Å². The summed E-state index contributed by atoms with van der Waals surface area (Å²) in [6.45, 7) is 0. The van der Waals surface area contributed by atoms with Crippen molar-refractivity contribution < 1.29 is 67.1 Å². The number of benzene rings is 1. The van der Waals surface area contributed by atoms with Gasteiger partial charge in [0.1, 0.15) is 20.3 Å². The zero-order valence-corrected chi connectivity index (χ0v) is 20.1. The molecule has 28 heavy (non-hydrogen) atoms. The molecular formula is C21H23I2N3O2. The number of nitrogens with zero attached hydrogens (tertiary/aromatic N) is 3. The van der Waals surface area contributed by atoms with Gasteiger partial charge in [0.2, 0.25) is 5.69 Å². The monoisotopic (exact) mass is 603 g/mol. The van der Waals surface area contributed by atoms with Crippen molar-refractivity contribution in [1.29, 1.82) is 0 Å². The van der Waals surface area contributed by atoms with Gasteiger partial charge in [-0.3, -0.25) is 4.79 Å². The maximum absolute atomic E-state index is 12.0. The van der Waals surface area contributed by atoms with E-state index in [-0.39, 0.29) is 53.7 Å². The van der Waals surface area contributed by atoms with Crippen molar-refractivity contribution in [1.82, 2.24) is 0 Å². The Hall–Kier alpha value is -1.88. The van der Waals surface area contributed by atoms with E-state index in [1.165, 1.54) is 6.21 Å². The molecule has 0 spiro atoms. The molecule has 0 saturated heterocycles. The van der Waals surface area contributed by atoms with Crippen molar-refractivity contribution in [3.8, 4) is 0 Å². The molecule has 148 valence electrons. The van der Waals surface area contributed by atoms with Crippen LogP contribution in [0.15, 0.2) is 84.4 Å². The summed E-state index contributed by atoms with van der Waals surface area (Å²) in [4.78, 5) is 12.0. The van der Waals surface area contributed by atoms with E-state index in [9.17, 15) is 4.79 Å². The normalized spacial score (nSPS) is 9.50. The maximum atomic E-state index is 12.0. The molecule has 7 heteroatoms. The summed E-state index contributed by atoms with van der Waals surface area (Å²) in [6.07, 6.45) is 7.51. The third-order valence-corrected chi connectivity index (χ3v) is 3.75. The van der Waals surface area contributed by atoms with Gasteiger partial charge in [-0.25, -0.2) is 9.13 Å². The Kier molecular flexibility index (Phi) is 13.2. The first-order valence-corrected chi connectivity index (χ1v) is 8.24. The lowest BCUT2D eigenvalue weighted by Gasteiger charge is -1.99. The van der Waals surface area contributed by atoms with Crippen molar-refractivity contribution in [3.05, 3.63) is 96.1 Å². The van der Waals surface area contributed by atoms with Crippen LogP contribution in [0.1, 0.15) is 21.6 Å². The van der Waals surface area contributed by atoms with Crippen LogP contribution in [0, 0.1) is 0 Å². The minimum atomic E-state index is 0. The van der Waals surface area contributed by atoms with E-state index >= 15 is 0 Å². The van der Waals surface area contributed by atoms with E-state index < -0.39 is 0 Å². The lowest BCUT2D eigenvalue weighted by molar-refractivity contribution is -0.672. The van der Waals surface area contributed by atoms with Crippen LogP contribution in [-0.4, -0.2) is 17.2 Å². The summed E-state index contributed by atoms with van der Waals surface area (Å²) in [7, 11) is 3.80. The molecule has 3 rings (SSSR count). The highest BCUT2D eigenvalue weighted by Crippen LogP contribution is 2.05. The number of ketones is 1. The Morgan fingerprint density at radius 2 is 1.64 bits per heavy atom. The van der Waals surface area contributed by atoms with E-state index in [0.29, 0.717) is 6.42 Å². The summed E-state index contributed by atoms with van der Waals surface area (Å²) in [6, 6.07) is 19.2. The van der Waals surface area contributed by atoms with Crippen LogP contribution in [-0.2, 0) is 20.5 Å². The maximum Gasteiger partial charge on any atom is 0.226 e. The molecule has 2 heterocycles. The highest BCUT2D eigenvalue weighted by molar-refractivity contribution is 5.96. The second kappa shape index (κ2) is 14.2. The summed E-state index contributed by atoms with van der Waals surface area (Å²) >= 11 is 0. The van der Waals surface area contributed by atoms with Gasteiger partial charge in [0, 0.05) is 24.6 Å². The van der Waals surface area contributed by atoms with Crippen LogP contribution in [0.2, 0.25) is 0 Å². The molecule has 0 aliphatic rings. The van der Waals surface area contributed by atoms with Gasteiger partial charge in [0.15, 0.2) is 24.4 Å². The zero-order valence-electron chi connectivity index (χ0n) is 15.7. The number of aryl methyl sites for hydroxylation is 2. The SMILES string of the molecule is C[n+]1cccc(C(=O)Cc2ccccc2)c1.C[n+]1ccccc1C=NO.[I-].[I-]. The van der Waals surface area contributed by atoms with Gasteiger partial charge in [-0.05, 0) is 17.7 Å². The molecule has 1 N–H and O–H groups in total. The number of Topliss-reactive ketones (excluding diaryl/α,β-unsaturated/α-hetero) is 1. The van der Waals surface area contributed by atoms with Crippen LogP contribution >= 0.6 is 0 Å². The molecule has 3 aromatic rings. The van der Waals surface area contributed by atoms with Crippen molar-refractivity contribution >= 4 is 12.0 Å². The number of pyridine rings is 2. The van der Waals surface area contributed by atoms with E-state index in [1.54, 1.807) is 0 Å². The molecular weight excluding hydrogens is 580 g/mol. The first-order valence-electron chi connectivity index (χ1n) is 8.24. The third-order valence-electron chi connectivity index (χ3n) is 3.75. The van der Waals surface area contributed by atoms with Gasteiger partial charge in [0.05, 0.1) is 5.56 Å². The average Bonchev–Trinajstić information content (AvgIpc) is 2.65. The highest BCUT2D eigenvalue weighted by Gasteiger charge is 2.09. The second-order valence-corrected chi connectivity index (χ2v) is 5.82. The number of hydrogen-bond donors (Lipinski definition) is 1. The molecule has 1 aromatic carbocycles. The molecule has 0 fully saturated rings. The Bertz CT molecular complexity index is 888. The van der Waals surface area contributed by atoms with Gasteiger partial charge in [-0.1, -0.05) is 35.5 Å². The number of aromatic nitrogens is 2. The average molecular weight is 603 g/mol. The van der Waals surface area contributed by atoms with Crippen molar-refractivity contribution in [2.75, 3.05) is 0 Å². The van der Waals surface area contributed by atoms with Crippen molar-refractivity contribution in [3.63, 3.8) is 0 Å². The Morgan fingerprint density at radius 3 is 2.25 bits per heavy atom. The summed E-state index contributed by atoms with van der Waals surface area (Å²) in [5, 5.41) is 11.1. The topological polar surface area (TPSA) is 57.4 Å². The number of oxime groups is 1. The third kappa shape index (κ3) is 8.87. The lowest BCUT2D eigenvalue weighted by atomic mass is 10.0. The van der Waals surface area contributed by atoms with Crippen molar-refractivity contribution in [2.24, 2.45) is 19.3 Å². The van der Waals surface area contributed by atoms with E-state index in [0.717, 1.165) is 16.8 Å². The van der Waals surface area contributed by atoms with Crippen molar-refractivity contribution in [2.45, 2.75) is 6.42 Å². The van der Waals surface area contributed by atoms with E-state index in [1.807, 2.05) is 102 Å². The number of halogens is 2. The molecule has 0 radical (unpaired) electrons. The minimum Gasteiger partial charge on any atom is -1.00 e. The smallest absolute Gasteiger partial charge is 0.226 e. The number of hydrogen-bond acceptors (Lipinski definition) is 3. The van der Waals surface area contributed by atoms with Crippen LogP contribution < -0.4 is 57.1 Å². The summed E-state index contributed by atoms with van der Waals surface area (Å²) in [5.74, 6) is 0.155. The van der Waals surface area contributed by atoms with Gasteiger partial charge >= 0.3 is 0 Å². The minimum absolute atomic E-state index is 0. The molecule has 0 unspecified atom stereocenters. The fraction of sp³-hybridized carbons (Fsp3) is 0.143. The first kappa shape index (κ1) is 26.1. The van der Waals surface area contributed by atoms with E-state index in [4.69, 9.17) is 5.21 Å². The lowest BCUT2D eigenvalue weighted by Crippen LogP contribution is -3.00. The first-order chi connectivity index (χ1) is 12.6. The fourth-order valence-electron chi connectivity index (χ4n) is 2.37. The molecule has 0 aliphatic heterocycles. The van der Waals surface area contributed by atoms with Crippen LogP contribution in [0.25, 0.3) is 0 Å². The predicted molar refractivity (Wildman–Crippen MR) is 99.1 cm³/mol.